The maximum atomic E-state index is 6.06. The van der Waals surface area contributed by atoms with Gasteiger partial charge in [-0.2, -0.15) is 0 Å². The standard InChI is InChI=1S/C15H22N4/c1-17-6-8-19(9-7-17)11-12-10-13-14(16)4-3-5-15(13)18(12)2/h3-5,10H,6-9,11,16H2,1-2H3. The average molecular weight is 258 g/mol. The number of nitrogens with zero attached hydrogens (tertiary/aromatic N) is 3. The molecule has 0 aliphatic carbocycles. The van der Waals surface area contributed by atoms with Crippen molar-refractivity contribution >= 4 is 16.6 Å². The number of aryl methyl sites for hydroxylation is 1. The lowest BCUT2D eigenvalue weighted by molar-refractivity contribution is 0.146. The molecule has 0 spiro atoms. The number of nitrogen functional groups attached to an aromatic ring is 1. The van der Waals surface area contributed by atoms with E-state index in [1.807, 2.05) is 12.1 Å². The second kappa shape index (κ2) is 4.87. The molecule has 19 heavy (non-hydrogen) atoms. The molecule has 1 aliphatic rings. The minimum Gasteiger partial charge on any atom is -0.398 e. The fourth-order valence-electron chi connectivity index (χ4n) is 2.83. The van der Waals surface area contributed by atoms with Gasteiger partial charge in [-0.05, 0) is 25.2 Å². The molecule has 0 amide bonds. The predicted molar refractivity (Wildman–Crippen MR) is 80.1 cm³/mol. The Morgan fingerprint density at radius 3 is 2.53 bits per heavy atom. The highest BCUT2D eigenvalue weighted by atomic mass is 15.2. The van der Waals surface area contributed by atoms with E-state index in [-0.39, 0.29) is 0 Å². The Morgan fingerprint density at radius 1 is 1.11 bits per heavy atom. The van der Waals surface area contributed by atoms with Crippen molar-refractivity contribution in [3.8, 4) is 0 Å². The first-order chi connectivity index (χ1) is 9.15. The molecule has 0 bridgehead atoms. The maximum absolute atomic E-state index is 6.06. The molecule has 4 nitrogen and oxygen atoms in total. The Morgan fingerprint density at radius 2 is 1.84 bits per heavy atom. The zero-order valence-corrected chi connectivity index (χ0v) is 11.8. The van der Waals surface area contributed by atoms with Gasteiger partial charge in [0.15, 0.2) is 0 Å². The molecular formula is C15H22N4. The molecule has 1 aliphatic heterocycles. The monoisotopic (exact) mass is 258 g/mol. The zero-order valence-electron chi connectivity index (χ0n) is 11.8. The van der Waals surface area contributed by atoms with E-state index in [0.29, 0.717) is 0 Å². The summed E-state index contributed by atoms with van der Waals surface area (Å²) in [6.07, 6.45) is 0. The van der Waals surface area contributed by atoms with Crippen molar-refractivity contribution in [2.24, 2.45) is 7.05 Å². The highest BCUT2D eigenvalue weighted by molar-refractivity contribution is 5.92. The third-order valence-corrected chi connectivity index (χ3v) is 4.20. The highest BCUT2D eigenvalue weighted by Gasteiger charge is 2.16. The summed E-state index contributed by atoms with van der Waals surface area (Å²) in [5, 5.41) is 1.18. The van der Waals surface area contributed by atoms with Crippen LogP contribution in [0.25, 0.3) is 10.9 Å². The minimum absolute atomic E-state index is 0.873. The lowest BCUT2D eigenvalue weighted by Gasteiger charge is -2.32. The summed E-state index contributed by atoms with van der Waals surface area (Å²) in [4.78, 5) is 4.90. The van der Waals surface area contributed by atoms with Gasteiger partial charge in [0.05, 0.1) is 5.52 Å². The van der Waals surface area contributed by atoms with E-state index in [1.165, 1.54) is 16.6 Å². The largest absolute Gasteiger partial charge is 0.398 e. The molecule has 1 fully saturated rings. The number of rotatable bonds is 2. The normalized spacial score (nSPS) is 18.2. The van der Waals surface area contributed by atoms with E-state index >= 15 is 0 Å². The topological polar surface area (TPSA) is 37.4 Å². The van der Waals surface area contributed by atoms with Crippen molar-refractivity contribution in [3.05, 3.63) is 30.0 Å². The second-order valence-corrected chi connectivity index (χ2v) is 5.55. The molecule has 3 rings (SSSR count). The maximum Gasteiger partial charge on any atom is 0.0501 e. The van der Waals surface area contributed by atoms with Crippen molar-refractivity contribution < 1.29 is 0 Å². The van der Waals surface area contributed by atoms with Crippen molar-refractivity contribution in [2.45, 2.75) is 6.54 Å². The van der Waals surface area contributed by atoms with Gasteiger partial charge in [-0.15, -0.1) is 0 Å². The number of aromatic nitrogens is 1. The van der Waals surface area contributed by atoms with Crippen LogP contribution in [0.15, 0.2) is 24.3 Å². The second-order valence-electron chi connectivity index (χ2n) is 5.55. The first-order valence-electron chi connectivity index (χ1n) is 6.89. The van der Waals surface area contributed by atoms with Crippen LogP contribution in [-0.4, -0.2) is 47.6 Å². The van der Waals surface area contributed by atoms with Gasteiger partial charge in [0.1, 0.15) is 0 Å². The number of hydrogen-bond donors (Lipinski definition) is 1. The van der Waals surface area contributed by atoms with Crippen LogP contribution in [0.2, 0.25) is 0 Å². The summed E-state index contributed by atoms with van der Waals surface area (Å²) < 4.78 is 2.27. The molecule has 0 saturated carbocycles. The number of likely N-dealkylation sites (N-methyl/N-ethyl adjacent to an activating group) is 1. The van der Waals surface area contributed by atoms with Crippen LogP contribution in [-0.2, 0) is 13.6 Å². The molecule has 0 radical (unpaired) electrons. The number of nitrogens with two attached hydrogens (primary N) is 1. The van der Waals surface area contributed by atoms with E-state index in [9.17, 15) is 0 Å². The molecule has 2 heterocycles. The smallest absolute Gasteiger partial charge is 0.0501 e. The van der Waals surface area contributed by atoms with Crippen LogP contribution in [0, 0.1) is 0 Å². The highest BCUT2D eigenvalue weighted by Crippen LogP contribution is 2.25. The van der Waals surface area contributed by atoms with Crippen LogP contribution in [0.4, 0.5) is 5.69 Å². The Hall–Kier alpha value is -1.52. The Bertz CT molecular complexity index is 579. The molecule has 1 saturated heterocycles. The summed E-state index contributed by atoms with van der Waals surface area (Å²) in [7, 11) is 4.32. The van der Waals surface area contributed by atoms with Crippen LogP contribution in [0.1, 0.15) is 5.69 Å². The quantitative estimate of drug-likeness (QED) is 0.830. The number of hydrogen-bond acceptors (Lipinski definition) is 3. The van der Waals surface area contributed by atoms with Gasteiger partial charge in [-0.25, -0.2) is 0 Å². The van der Waals surface area contributed by atoms with Gasteiger partial charge in [-0.3, -0.25) is 4.90 Å². The third-order valence-electron chi connectivity index (χ3n) is 4.20. The molecule has 2 N–H and O–H groups in total. The Balaban J connectivity index is 1.85. The van der Waals surface area contributed by atoms with Gasteiger partial charge in [0, 0.05) is 56.5 Å². The summed E-state index contributed by atoms with van der Waals surface area (Å²) in [6.45, 7) is 5.62. The van der Waals surface area contributed by atoms with Crippen LogP contribution in [0.5, 0.6) is 0 Å². The first-order valence-corrected chi connectivity index (χ1v) is 6.89. The van der Waals surface area contributed by atoms with Gasteiger partial charge in [0.2, 0.25) is 0 Å². The molecule has 4 heteroatoms. The van der Waals surface area contributed by atoms with Crippen LogP contribution in [0.3, 0.4) is 0 Å². The third kappa shape index (κ3) is 2.33. The molecule has 2 aromatic rings. The van der Waals surface area contributed by atoms with Gasteiger partial charge >= 0.3 is 0 Å². The van der Waals surface area contributed by atoms with Crippen LogP contribution >= 0.6 is 0 Å². The van der Waals surface area contributed by atoms with Crippen molar-refractivity contribution in [2.75, 3.05) is 39.0 Å². The summed E-state index contributed by atoms with van der Waals surface area (Å²) in [5.41, 5.74) is 9.50. The number of piperazine rings is 1. The van der Waals surface area contributed by atoms with Crippen molar-refractivity contribution in [1.82, 2.24) is 14.4 Å². The van der Waals surface area contributed by atoms with Gasteiger partial charge in [-0.1, -0.05) is 6.07 Å². The molecular weight excluding hydrogens is 236 g/mol. The van der Waals surface area contributed by atoms with E-state index in [1.54, 1.807) is 0 Å². The molecule has 102 valence electrons. The lowest BCUT2D eigenvalue weighted by atomic mass is 10.2. The molecule has 1 aromatic heterocycles. The lowest BCUT2D eigenvalue weighted by Crippen LogP contribution is -2.44. The van der Waals surface area contributed by atoms with E-state index in [4.69, 9.17) is 5.73 Å². The van der Waals surface area contributed by atoms with E-state index < -0.39 is 0 Å². The SMILES string of the molecule is CN1CCN(Cc2cc3c(N)cccc3n2C)CC1. The molecule has 1 aromatic carbocycles. The number of benzene rings is 1. The van der Waals surface area contributed by atoms with E-state index in [2.05, 4.69) is 40.6 Å². The van der Waals surface area contributed by atoms with Gasteiger partial charge < -0.3 is 15.2 Å². The molecule has 0 unspecified atom stereocenters. The van der Waals surface area contributed by atoms with Crippen molar-refractivity contribution in [1.29, 1.82) is 0 Å². The predicted octanol–water partition coefficient (Wildman–Crippen LogP) is 1.51. The molecule has 0 atom stereocenters. The van der Waals surface area contributed by atoms with Gasteiger partial charge in [0.25, 0.3) is 0 Å². The Kier molecular flexibility index (Phi) is 3.21. The number of fused-ring (bicyclic) bond motifs is 1. The van der Waals surface area contributed by atoms with Crippen LogP contribution < -0.4 is 5.73 Å². The summed E-state index contributed by atoms with van der Waals surface area (Å²) in [5.74, 6) is 0. The first kappa shape index (κ1) is 12.5. The van der Waals surface area contributed by atoms with Crippen molar-refractivity contribution in [3.63, 3.8) is 0 Å². The van der Waals surface area contributed by atoms with E-state index in [0.717, 1.165) is 38.4 Å². The zero-order chi connectivity index (χ0) is 13.4. The fraction of sp³-hybridized carbons (Fsp3) is 0.467. The fourth-order valence-corrected chi connectivity index (χ4v) is 2.83. The average Bonchev–Trinajstić information content (AvgIpc) is 2.72. The Labute approximate surface area is 114 Å². The summed E-state index contributed by atoms with van der Waals surface area (Å²) >= 11 is 0. The number of anilines is 1. The summed E-state index contributed by atoms with van der Waals surface area (Å²) in [6, 6.07) is 8.38. The minimum atomic E-state index is 0.873.